The molecule has 6 nitrogen and oxygen atoms in total. The SMILES string of the molecule is C1=NCN(N2CN=CN2)N1. The molecular weight excluding hydrogens is 132 g/mol. The van der Waals surface area contributed by atoms with Gasteiger partial charge in [-0.15, -0.1) is 10.2 Å². The molecule has 2 aliphatic heterocycles. The van der Waals surface area contributed by atoms with Crippen LogP contribution in [-0.4, -0.2) is 36.3 Å². The first kappa shape index (κ1) is 5.63. The zero-order chi connectivity index (χ0) is 6.81. The molecule has 0 atom stereocenters. The molecular formula is C4H8N6. The third-order valence-electron chi connectivity index (χ3n) is 1.32. The van der Waals surface area contributed by atoms with E-state index in [0.29, 0.717) is 13.3 Å². The third-order valence-corrected chi connectivity index (χ3v) is 1.32. The number of aliphatic imine (C=N–C) groups is 2. The number of rotatable bonds is 1. The van der Waals surface area contributed by atoms with Gasteiger partial charge in [0.2, 0.25) is 0 Å². The van der Waals surface area contributed by atoms with Crippen LogP contribution in [0.25, 0.3) is 0 Å². The van der Waals surface area contributed by atoms with E-state index in [1.807, 2.05) is 10.2 Å². The van der Waals surface area contributed by atoms with Crippen LogP contribution in [0.2, 0.25) is 0 Å². The average Bonchev–Trinajstić information content (AvgIpc) is 2.59. The van der Waals surface area contributed by atoms with Gasteiger partial charge in [0.15, 0.2) is 0 Å². The van der Waals surface area contributed by atoms with Crippen molar-refractivity contribution in [1.82, 2.24) is 21.1 Å². The topological polar surface area (TPSA) is 55.3 Å². The molecule has 0 amide bonds. The van der Waals surface area contributed by atoms with E-state index < -0.39 is 0 Å². The maximum absolute atomic E-state index is 3.96. The van der Waals surface area contributed by atoms with Crippen LogP contribution in [0.15, 0.2) is 9.98 Å². The Morgan fingerprint density at radius 3 is 1.80 bits per heavy atom. The van der Waals surface area contributed by atoms with Crippen LogP contribution in [-0.2, 0) is 0 Å². The Labute approximate surface area is 58.1 Å². The van der Waals surface area contributed by atoms with Gasteiger partial charge < -0.3 is 0 Å². The molecule has 2 heterocycles. The van der Waals surface area contributed by atoms with Crippen LogP contribution in [0, 0.1) is 0 Å². The maximum atomic E-state index is 3.96. The van der Waals surface area contributed by atoms with Crippen LogP contribution in [0.1, 0.15) is 0 Å². The van der Waals surface area contributed by atoms with E-state index in [2.05, 4.69) is 20.8 Å². The molecule has 0 aliphatic carbocycles. The molecule has 54 valence electrons. The van der Waals surface area contributed by atoms with Crippen molar-refractivity contribution in [2.45, 2.75) is 0 Å². The summed E-state index contributed by atoms with van der Waals surface area (Å²) in [4.78, 5) is 7.92. The van der Waals surface area contributed by atoms with Crippen molar-refractivity contribution in [3.63, 3.8) is 0 Å². The van der Waals surface area contributed by atoms with Crippen LogP contribution in [0.5, 0.6) is 0 Å². The fraction of sp³-hybridized carbons (Fsp3) is 0.500. The fourth-order valence-corrected chi connectivity index (χ4v) is 0.825. The van der Waals surface area contributed by atoms with Gasteiger partial charge >= 0.3 is 0 Å². The Morgan fingerprint density at radius 1 is 1.00 bits per heavy atom. The summed E-state index contributed by atoms with van der Waals surface area (Å²) in [6.07, 6.45) is 3.31. The highest BCUT2D eigenvalue weighted by molar-refractivity contribution is 5.56. The summed E-state index contributed by atoms with van der Waals surface area (Å²) in [5.74, 6) is 0. The molecule has 0 unspecified atom stereocenters. The lowest BCUT2D eigenvalue weighted by Crippen LogP contribution is -2.51. The summed E-state index contributed by atoms with van der Waals surface area (Å²) < 4.78 is 0. The van der Waals surface area contributed by atoms with Crippen LogP contribution in [0.3, 0.4) is 0 Å². The van der Waals surface area contributed by atoms with Gasteiger partial charge in [-0.2, -0.15) is 0 Å². The van der Waals surface area contributed by atoms with Gasteiger partial charge in [0, 0.05) is 0 Å². The highest BCUT2D eigenvalue weighted by Crippen LogP contribution is 1.96. The number of hydrogen-bond donors (Lipinski definition) is 2. The molecule has 0 spiro atoms. The summed E-state index contributed by atoms with van der Waals surface area (Å²) in [5.41, 5.74) is 5.85. The molecule has 0 aromatic carbocycles. The standard InChI is InChI=1S/C4H8N6/c1-5-3-9(7-1)10-4-6-2-8-10/h1-2H,3-4H2,(H,5,7)(H,6,8). The summed E-state index contributed by atoms with van der Waals surface area (Å²) in [5, 5.41) is 3.65. The van der Waals surface area contributed by atoms with Gasteiger partial charge in [0.1, 0.15) is 13.3 Å². The lowest BCUT2D eigenvalue weighted by Gasteiger charge is -2.23. The van der Waals surface area contributed by atoms with E-state index in [1.165, 1.54) is 0 Å². The first-order valence-corrected chi connectivity index (χ1v) is 3.01. The fourth-order valence-electron chi connectivity index (χ4n) is 0.825. The minimum atomic E-state index is 0.635. The van der Waals surface area contributed by atoms with Crippen LogP contribution >= 0.6 is 0 Å². The molecule has 2 aliphatic rings. The van der Waals surface area contributed by atoms with Crippen molar-refractivity contribution in [2.24, 2.45) is 9.98 Å². The Morgan fingerprint density at radius 2 is 1.50 bits per heavy atom. The van der Waals surface area contributed by atoms with Crippen molar-refractivity contribution in [1.29, 1.82) is 0 Å². The van der Waals surface area contributed by atoms with E-state index >= 15 is 0 Å². The number of nitrogens with zero attached hydrogens (tertiary/aromatic N) is 4. The maximum Gasteiger partial charge on any atom is 0.128 e. The largest absolute Gasteiger partial charge is 0.293 e. The van der Waals surface area contributed by atoms with E-state index in [9.17, 15) is 0 Å². The van der Waals surface area contributed by atoms with Crippen LogP contribution < -0.4 is 10.9 Å². The van der Waals surface area contributed by atoms with Gasteiger partial charge in [-0.3, -0.25) is 20.8 Å². The Balaban J connectivity index is 1.89. The molecule has 10 heavy (non-hydrogen) atoms. The predicted octanol–water partition coefficient (Wildman–Crippen LogP) is -1.49. The predicted molar refractivity (Wildman–Crippen MR) is 36.7 cm³/mol. The highest BCUT2D eigenvalue weighted by atomic mass is 15.9. The van der Waals surface area contributed by atoms with Gasteiger partial charge in [0.25, 0.3) is 0 Å². The van der Waals surface area contributed by atoms with E-state index in [0.717, 1.165) is 0 Å². The molecule has 0 fully saturated rings. The first-order chi connectivity index (χ1) is 4.97. The molecule has 2 rings (SSSR count). The van der Waals surface area contributed by atoms with Gasteiger partial charge in [-0.25, -0.2) is 0 Å². The number of nitrogens with one attached hydrogen (secondary N) is 2. The molecule has 0 aromatic heterocycles. The van der Waals surface area contributed by atoms with Crippen LogP contribution in [0.4, 0.5) is 0 Å². The normalized spacial score (nSPS) is 25.2. The molecule has 2 N–H and O–H groups in total. The lowest BCUT2D eigenvalue weighted by molar-refractivity contribution is -0.0508. The third kappa shape index (κ3) is 0.829. The van der Waals surface area contributed by atoms with Gasteiger partial charge in [0.05, 0.1) is 12.7 Å². The van der Waals surface area contributed by atoms with Crippen molar-refractivity contribution in [3.05, 3.63) is 0 Å². The van der Waals surface area contributed by atoms with Crippen molar-refractivity contribution in [2.75, 3.05) is 13.3 Å². The van der Waals surface area contributed by atoms with Crippen molar-refractivity contribution >= 4 is 12.7 Å². The minimum Gasteiger partial charge on any atom is -0.293 e. The molecule has 0 bridgehead atoms. The summed E-state index contributed by atoms with van der Waals surface area (Å²) >= 11 is 0. The second kappa shape index (κ2) is 2.24. The average molecular weight is 140 g/mol. The summed E-state index contributed by atoms with van der Waals surface area (Å²) in [7, 11) is 0. The molecule has 0 saturated heterocycles. The van der Waals surface area contributed by atoms with Crippen molar-refractivity contribution in [3.8, 4) is 0 Å². The first-order valence-electron chi connectivity index (χ1n) is 3.01. The number of hydrogen-bond acceptors (Lipinski definition) is 6. The summed E-state index contributed by atoms with van der Waals surface area (Å²) in [6, 6.07) is 0. The minimum absolute atomic E-state index is 0.635. The zero-order valence-electron chi connectivity index (χ0n) is 5.36. The quantitative estimate of drug-likeness (QED) is 0.466. The van der Waals surface area contributed by atoms with Gasteiger partial charge in [-0.1, -0.05) is 0 Å². The van der Waals surface area contributed by atoms with E-state index in [-0.39, 0.29) is 0 Å². The lowest BCUT2D eigenvalue weighted by atomic mass is 11.1. The van der Waals surface area contributed by atoms with E-state index in [1.54, 1.807) is 12.7 Å². The van der Waals surface area contributed by atoms with Crippen molar-refractivity contribution < 1.29 is 0 Å². The molecule has 6 heteroatoms. The second-order valence-electron chi connectivity index (χ2n) is 1.96. The highest BCUT2D eigenvalue weighted by Gasteiger charge is 2.17. The Bertz CT molecular complexity index is 139. The summed E-state index contributed by atoms with van der Waals surface area (Å²) in [6.45, 7) is 1.27. The second-order valence-corrected chi connectivity index (χ2v) is 1.96. The van der Waals surface area contributed by atoms with E-state index in [4.69, 9.17) is 0 Å². The molecule has 0 radical (unpaired) electrons. The zero-order valence-corrected chi connectivity index (χ0v) is 5.36. The molecule has 0 saturated carbocycles. The Hall–Kier alpha value is -1.14. The smallest absolute Gasteiger partial charge is 0.128 e. The van der Waals surface area contributed by atoms with Gasteiger partial charge in [-0.05, 0) is 0 Å². The monoisotopic (exact) mass is 140 g/mol. The molecule has 0 aromatic rings. The number of hydrazine groups is 3. The Kier molecular flexibility index (Phi) is 1.26.